The second-order valence-corrected chi connectivity index (χ2v) is 12.0. The van der Waals surface area contributed by atoms with Gasteiger partial charge in [0.15, 0.2) is 17.6 Å². The summed E-state index contributed by atoms with van der Waals surface area (Å²) < 4.78 is 70.3. The number of hydrogen-bond donors (Lipinski definition) is 0. The van der Waals surface area contributed by atoms with Crippen LogP contribution in [0.1, 0.15) is 42.5 Å². The number of benzene rings is 2. The van der Waals surface area contributed by atoms with Crippen LogP contribution in [0.2, 0.25) is 5.15 Å². The van der Waals surface area contributed by atoms with E-state index in [1.807, 2.05) is 72.5 Å². The van der Waals surface area contributed by atoms with E-state index in [1.165, 1.54) is 6.20 Å². The lowest BCUT2D eigenvalue weighted by Gasteiger charge is -2.35. The average molecular weight is 697 g/mol. The van der Waals surface area contributed by atoms with Gasteiger partial charge < -0.3 is 24.0 Å². The van der Waals surface area contributed by atoms with Gasteiger partial charge >= 0.3 is 12.2 Å². The van der Waals surface area contributed by atoms with E-state index in [4.69, 9.17) is 30.8 Å². The standard InChI is InChI=1S/C35H33ClF4N6O3/c1-21(46(24-10-11-24)33-28-17-42-31(36)29(37)30(28)43-34(44-33)49-20-35(38,39)40)27-5-4-16-41-32(27)45(18-22-6-12-25(47-2)13-7-22)19-23-8-14-26(48-3)15-9-23/h4-9,12-17,21,24H,10-11,18-20H2,1-3H3. The van der Waals surface area contributed by atoms with Crippen molar-refractivity contribution in [1.82, 2.24) is 19.9 Å². The highest BCUT2D eigenvalue weighted by Crippen LogP contribution is 2.43. The maximum atomic E-state index is 15.3. The third kappa shape index (κ3) is 7.88. The van der Waals surface area contributed by atoms with Gasteiger partial charge in [0.1, 0.15) is 28.7 Å². The van der Waals surface area contributed by atoms with E-state index in [-0.39, 0.29) is 22.8 Å². The second-order valence-electron chi connectivity index (χ2n) is 11.6. The van der Waals surface area contributed by atoms with E-state index in [1.54, 1.807) is 20.4 Å². The quantitative estimate of drug-likeness (QED) is 0.0895. The Morgan fingerprint density at radius 3 is 2.04 bits per heavy atom. The van der Waals surface area contributed by atoms with Crippen molar-refractivity contribution in [2.75, 3.05) is 30.6 Å². The van der Waals surface area contributed by atoms with Crippen LogP contribution in [0.15, 0.2) is 73.1 Å². The Balaban J connectivity index is 1.43. The first-order valence-electron chi connectivity index (χ1n) is 15.5. The second kappa shape index (κ2) is 14.3. The first-order valence-corrected chi connectivity index (χ1v) is 15.9. The molecule has 49 heavy (non-hydrogen) atoms. The number of ether oxygens (including phenoxy) is 3. The largest absolute Gasteiger partial charge is 0.497 e. The molecule has 0 bridgehead atoms. The third-order valence-corrected chi connectivity index (χ3v) is 8.46. The van der Waals surface area contributed by atoms with Crippen molar-refractivity contribution in [2.45, 2.75) is 51.1 Å². The number of halogens is 5. The SMILES string of the molecule is COc1ccc(CN(Cc2ccc(OC)cc2)c2ncccc2C(C)N(c2nc(OCC(F)(F)F)nc3c(F)c(Cl)ncc23)C2CC2)cc1. The number of pyridine rings is 2. The molecule has 256 valence electrons. The average Bonchev–Trinajstić information content (AvgIpc) is 3.94. The third-order valence-electron chi connectivity index (χ3n) is 8.20. The number of hydrogen-bond acceptors (Lipinski definition) is 9. The van der Waals surface area contributed by atoms with Crippen LogP contribution in [0.25, 0.3) is 10.9 Å². The van der Waals surface area contributed by atoms with Gasteiger partial charge in [-0.05, 0) is 61.2 Å². The van der Waals surface area contributed by atoms with Gasteiger partial charge in [-0.15, -0.1) is 0 Å². The van der Waals surface area contributed by atoms with Crippen LogP contribution >= 0.6 is 11.6 Å². The van der Waals surface area contributed by atoms with Crippen molar-refractivity contribution < 1.29 is 31.8 Å². The lowest BCUT2D eigenvalue weighted by Crippen LogP contribution is -2.33. The summed E-state index contributed by atoms with van der Waals surface area (Å²) in [4.78, 5) is 21.3. The zero-order valence-electron chi connectivity index (χ0n) is 26.9. The summed E-state index contributed by atoms with van der Waals surface area (Å²) in [6, 6.07) is 18.2. The van der Waals surface area contributed by atoms with Crippen molar-refractivity contribution in [3.05, 3.63) is 101 Å². The van der Waals surface area contributed by atoms with Crippen molar-refractivity contribution >= 4 is 34.1 Å². The Morgan fingerprint density at radius 2 is 1.49 bits per heavy atom. The fourth-order valence-corrected chi connectivity index (χ4v) is 5.83. The van der Waals surface area contributed by atoms with E-state index in [2.05, 4.69) is 19.9 Å². The van der Waals surface area contributed by atoms with Gasteiger partial charge in [0.05, 0.1) is 25.6 Å². The molecular formula is C35H33ClF4N6O3. The smallest absolute Gasteiger partial charge is 0.422 e. The lowest BCUT2D eigenvalue weighted by atomic mass is 10.0. The van der Waals surface area contributed by atoms with E-state index >= 15 is 4.39 Å². The summed E-state index contributed by atoms with van der Waals surface area (Å²) in [7, 11) is 3.23. The van der Waals surface area contributed by atoms with Crippen molar-refractivity contribution in [2.24, 2.45) is 0 Å². The van der Waals surface area contributed by atoms with Crippen molar-refractivity contribution in [1.29, 1.82) is 0 Å². The van der Waals surface area contributed by atoms with Crippen LogP contribution in [0.5, 0.6) is 17.5 Å². The summed E-state index contributed by atoms with van der Waals surface area (Å²) in [6.45, 7) is 1.31. The van der Waals surface area contributed by atoms with E-state index in [9.17, 15) is 13.2 Å². The zero-order chi connectivity index (χ0) is 34.7. The summed E-state index contributed by atoms with van der Waals surface area (Å²) in [5.41, 5.74) is 2.57. The molecular weight excluding hydrogens is 664 g/mol. The molecule has 3 aromatic heterocycles. The molecule has 6 rings (SSSR count). The van der Waals surface area contributed by atoms with Crippen molar-refractivity contribution in [3.63, 3.8) is 0 Å². The molecule has 0 radical (unpaired) electrons. The first-order chi connectivity index (χ1) is 23.5. The van der Waals surface area contributed by atoms with Crippen LogP contribution in [-0.4, -0.2) is 53.0 Å². The minimum atomic E-state index is -4.65. The van der Waals surface area contributed by atoms with Crippen LogP contribution in [0.3, 0.4) is 0 Å². The van der Waals surface area contributed by atoms with E-state index in [0.29, 0.717) is 18.9 Å². The maximum Gasteiger partial charge on any atom is 0.422 e. The fourth-order valence-electron chi connectivity index (χ4n) is 5.69. The van der Waals surface area contributed by atoms with Gasteiger partial charge in [0.2, 0.25) is 0 Å². The van der Waals surface area contributed by atoms with Crippen LogP contribution in [0.4, 0.5) is 29.2 Å². The molecule has 5 aromatic rings. The van der Waals surface area contributed by atoms with E-state index in [0.717, 1.165) is 41.0 Å². The fraction of sp³-hybridized carbons (Fsp3) is 0.314. The number of fused-ring (bicyclic) bond motifs is 1. The number of rotatable bonds is 13. The Morgan fingerprint density at radius 1 is 0.878 bits per heavy atom. The molecule has 0 amide bonds. The number of aromatic nitrogens is 4. The van der Waals surface area contributed by atoms with Crippen LogP contribution in [0, 0.1) is 5.82 Å². The molecule has 3 heterocycles. The summed E-state index contributed by atoms with van der Waals surface area (Å²) >= 11 is 5.97. The molecule has 0 N–H and O–H groups in total. The highest BCUT2D eigenvalue weighted by atomic mass is 35.5. The summed E-state index contributed by atoms with van der Waals surface area (Å²) in [6.07, 6.45) is -0.0373. The van der Waals surface area contributed by atoms with Gasteiger partial charge in [0, 0.05) is 37.1 Å². The van der Waals surface area contributed by atoms with Crippen molar-refractivity contribution in [3.8, 4) is 17.5 Å². The molecule has 1 saturated carbocycles. The Kier molecular flexibility index (Phi) is 9.91. The highest BCUT2D eigenvalue weighted by Gasteiger charge is 2.38. The predicted octanol–water partition coefficient (Wildman–Crippen LogP) is 8.11. The molecule has 0 spiro atoms. The molecule has 14 heteroatoms. The van der Waals surface area contributed by atoms with Gasteiger partial charge in [-0.3, -0.25) is 0 Å². The molecule has 1 aliphatic carbocycles. The predicted molar refractivity (Wildman–Crippen MR) is 178 cm³/mol. The first kappa shape index (κ1) is 34.0. The number of methoxy groups -OCH3 is 2. The van der Waals surface area contributed by atoms with Crippen LogP contribution in [-0.2, 0) is 13.1 Å². The highest BCUT2D eigenvalue weighted by molar-refractivity contribution is 6.30. The molecule has 0 aliphatic heterocycles. The molecule has 1 atom stereocenters. The van der Waals surface area contributed by atoms with Gasteiger partial charge in [-0.1, -0.05) is 41.9 Å². The molecule has 1 unspecified atom stereocenters. The Bertz CT molecular complexity index is 1860. The monoisotopic (exact) mass is 696 g/mol. The zero-order valence-corrected chi connectivity index (χ0v) is 27.7. The minimum absolute atomic E-state index is 0.0491. The minimum Gasteiger partial charge on any atom is -0.497 e. The van der Waals surface area contributed by atoms with E-state index < -0.39 is 35.8 Å². The maximum absolute atomic E-state index is 15.3. The van der Waals surface area contributed by atoms with Gasteiger partial charge in [-0.25, -0.2) is 14.4 Å². The molecule has 9 nitrogen and oxygen atoms in total. The molecule has 0 saturated heterocycles. The number of anilines is 2. The number of alkyl halides is 3. The molecule has 1 fully saturated rings. The normalized spacial score (nSPS) is 13.6. The molecule has 1 aliphatic rings. The summed E-state index contributed by atoms with van der Waals surface area (Å²) in [5, 5.41) is -0.272. The topological polar surface area (TPSA) is 85.7 Å². The van der Waals surface area contributed by atoms with Gasteiger partial charge in [0.25, 0.3) is 0 Å². The lowest BCUT2D eigenvalue weighted by molar-refractivity contribution is -0.154. The Hall–Kier alpha value is -4.91. The molecule has 2 aromatic carbocycles. The number of nitrogens with zero attached hydrogens (tertiary/aromatic N) is 6. The van der Waals surface area contributed by atoms with Crippen LogP contribution < -0.4 is 24.0 Å². The Labute approximate surface area is 285 Å². The summed E-state index contributed by atoms with van der Waals surface area (Å²) in [5.74, 6) is 1.37. The van der Waals surface area contributed by atoms with Gasteiger partial charge in [-0.2, -0.15) is 23.1 Å².